The Bertz CT molecular complexity index is 399. The van der Waals surface area contributed by atoms with E-state index in [-0.39, 0.29) is 5.91 Å². The second-order valence-electron chi connectivity index (χ2n) is 5.54. The normalized spacial score (nSPS) is 27.9. The molecule has 0 aromatic carbocycles. The lowest BCUT2D eigenvalue weighted by molar-refractivity contribution is -0.138. The standard InChI is InChI=1S/C14H21N3O/c18-14(11-16-9-4-8-15-16)17-10-3-6-12-5-1-2-7-13(12)17/h4,8-9,12-13H,1-3,5-7,10-11H2. The van der Waals surface area contributed by atoms with Crippen LogP contribution in [-0.4, -0.2) is 33.2 Å². The van der Waals surface area contributed by atoms with Crippen LogP contribution in [-0.2, 0) is 11.3 Å². The van der Waals surface area contributed by atoms with Crippen molar-refractivity contribution in [2.45, 2.75) is 51.1 Å². The van der Waals surface area contributed by atoms with Crippen LogP contribution in [0.2, 0.25) is 0 Å². The van der Waals surface area contributed by atoms with E-state index in [0.717, 1.165) is 12.5 Å². The highest BCUT2D eigenvalue weighted by Crippen LogP contribution is 2.35. The number of hydrogen-bond acceptors (Lipinski definition) is 2. The van der Waals surface area contributed by atoms with E-state index in [4.69, 9.17) is 0 Å². The van der Waals surface area contributed by atoms with Gasteiger partial charge in [-0.2, -0.15) is 5.10 Å². The zero-order valence-corrected chi connectivity index (χ0v) is 10.8. The maximum atomic E-state index is 12.4. The molecule has 98 valence electrons. The number of hydrogen-bond donors (Lipinski definition) is 0. The van der Waals surface area contributed by atoms with Gasteiger partial charge in [-0.3, -0.25) is 9.48 Å². The predicted octanol–water partition coefficient (Wildman–Crippen LogP) is 2.06. The van der Waals surface area contributed by atoms with Crippen molar-refractivity contribution in [2.75, 3.05) is 6.54 Å². The number of fused-ring (bicyclic) bond motifs is 1. The molecule has 1 amide bonds. The molecule has 0 radical (unpaired) electrons. The summed E-state index contributed by atoms with van der Waals surface area (Å²) in [5.74, 6) is 1.00. The molecule has 2 heterocycles. The van der Waals surface area contributed by atoms with Crippen LogP contribution in [0, 0.1) is 5.92 Å². The summed E-state index contributed by atoms with van der Waals surface area (Å²) in [6, 6.07) is 2.38. The van der Waals surface area contributed by atoms with Crippen LogP contribution < -0.4 is 0 Å². The molecule has 0 spiro atoms. The van der Waals surface area contributed by atoms with Crippen LogP contribution in [0.5, 0.6) is 0 Å². The lowest BCUT2D eigenvalue weighted by Gasteiger charge is -2.44. The van der Waals surface area contributed by atoms with E-state index in [0.29, 0.717) is 12.6 Å². The highest BCUT2D eigenvalue weighted by Gasteiger charge is 2.35. The molecule has 0 N–H and O–H groups in total. The number of amides is 1. The molecule has 1 saturated heterocycles. The van der Waals surface area contributed by atoms with E-state index in [1.54, 1.807) is 10.9 Å². The minimum atomic E-state index is 0.246. The van der Waals surface area contributed by atoms with E-state index < -0.39 is 0 Å². The molecular weight excluding hydrogens is 226 g/mol. The number of carbonyl (C=O) groups excluding carboxylic acids is 1. The average Bonchev–Trinajstić information content (AvgIpc) is 2.91. The van der Waals surface area contributed by atoms with Crippen molar-refractivity contribution in [1.29, 1.82) is 0 Å². The highest BCUT2D eigenvalue weighted by atomic mass is 16.2. The molecule has 1 aromatic heterocycles. The van der Waals surface area contributed by atoms with Gasteiger partial charge in [0.1, 0.15) is 6.54 Å². The first-order valence-corrected chi connectivity index (χ1v) is 7.11. The SMILES string of the molecule is O=C(Cn1cccn1)N1CCCC2CCCCC21. The Morgan fingerprint density at radius 2 is 2.06 bits per heavy atom. The van der Waals surface area contributed by atoms with Crippen molar-refractivity contribution in [3.8, 4) is 0 Å². The van der Waals surface area contributed by atoms with E-state index >= 15 is 0 Å². The summed E-state index contributed by atoms with van der Waals surface area (Å²) in [6.45, 7) is 1.34. The minimum Gasteiger partial charge on any atom is -0.338 e. The smallest absolute Gasteiger partial charge is 0.244 e. The van der Waals surface area contributed by atoms with Gasteiger partial charge in [0, 0.05) is 25.0 Å². The van der Waals surface area contributed by atoms with Gasteiger partial charge in [0.05, 0.1) is 0 Å². The first-order valence-electron chi connectivity index (χ1n) is 7.11. The van der Waals surface area contributed by atoms with Crippen molar-refractivity contribution in [2.24, 2.45) is 5.92 Å². The molecule has 3 rings (SSSR count). The predicted molar refractivity (Wildman–Crippen MR) is 68.9 cm³/mol. The summed E-state index contributed by atoms with van der Waals surface area (Å²) >= 11 is 0. The van der Waals surface area contributed by atoms with E-state index in [2.05, 4.69) is 10.00 Å². The molecule has 0 bridgehead atoms. The molecule has 18 heavy (non-hydrogen) atoms. The molecule has 2 atom stereocenters. The second-order valence-corrected chi connectivity index (χ2v) is 5.54. The molecule has 4 heteroatoms. The summed E-state index contributed by atoms with van der Waals surface area (Å²) < 4.78 is 1.73. The Labute approximate surface area is 108 Å². The number of rotatable bonds is 2. The average molecular weight is 247 g/mol. The molecule has 1 saturated carbocycles. The summed E-state index contributed by atoms with van der Waals surface area (Å²) in [7, 11) is 0. The Kier molecular flexibility index (Phi) is 3.35. The summed E-state index contributed by atoms with van der Waals surface area (Å²) in [5, 5.41) is 4.12. The molecule has 4 nitrogen and oxygen atoms in total. The lowest BCUT2D eigenvalue weighted by atomic mass is 9.78. The fraction of sp³-hybridized carbons (Fsp3) is 0.714. The second kappa shape index (κ2) is 5.12. The Balaban J connectivity index is 1.68. The fourth-order valence-corrected chi connectivity index (χ4v) is 3.56. The van der Waals surface area contributed by atoms with Crippen LogP contribution >= 0.6 is 0 Å². The van der Waals surface area contributed by atoms with E-state index in [9.17, 15) is 4.79 Å². The molecule has 1 aromatic rings. The third-order valence-corrected chi connectivity index (χ3v) is 4.42. The Morgan fingerprint density at radius 1 is 1.22 bits per heavy atom. The van der Waals surface area contributed by atoms with Crippen molar-refractivity contribution in [1.82, 2.24) is 14.7 Å². The number of piperidine rings is 1. The van der Waals surface area contributed by atoms with Crippen molar-refractivity contribution < 1.29 is 4.79 Å². The van der Waals surface area contributed by atoms with Gasteiger partial charge in [0.15, 0.2) is 0 Å². The quantitative estimate of drug-likeness (QED) is 0.802. The zero-order valence-electron chi connectivity index (χ0n) is 10.8. The Morgan fingerprint density at radius 3 is 2.89 bits per heavy atom. The third-order valence-electron chi connectivity index (χ3n) is 4.42. The van der Waals surface area contributed by atoms with Crippen LogP contribution in [0.25, 0.3) is 0 Å². The molecule has 2 fully saturated rings. The lowest BCUT2D eigenvalue weighted by Crippen LogP contribution is -2.50. The first-order chi connectivity index (χ1) is 8.84. The van der Waals surface area contributed by atoms with E-state index in [1.165, 1.54) is 38.5 Å². The van der Waals surface area contributed by atoms with Crippen LogP contribution in [0.4, 0.5) is 0 Å². The van der Waals surface area contributed by atoms with Crippen molar-refractivity contribution in [3.05, 3.63) is 18.5 Å². The van der Waals surface area contributed by atoms with Crippen molar-refractivity contribution >= 4 is 5.91 Å². The molecule has 1 aliphatic carbocycles. The summed E-state index contributed by atoms with van der Waals surface area (Å²) in [5.41, 5.74) is 0. The molecular formula is C14H21N3O. The number of likely N-dealkylation sites (tertiary alicyclic amines) is 1. The van der Waals surface area contributed by atoms with Crippen LogP contribution in [0.15, 0.2) is 18.5 Å². The maximum absolute atomic E-state index is 12.4. The van der Waals surface area contributed by atoms with Gasteiger partial charge in [-0.1, -0.05) is 12.8 Å². The molecule has 2 aliphatic rings. The summed E-state index contributed by atoms with van der Waals surface area (Å²) in [6.07, 6.45) is 11.2. The van der Waals surface area contributed by atoms with Gasteiger partial charge >= 0.3 is 0 Å². The largest absolute Gasteiger partial charge is 0.338 e. The highest BCUT2D eigenvalue weighted by molar-refractivity contribution is 5.76. The van der Waals surface area contributed by atoms with E-state index in [1.807, 2.05) is 12.3 Å². The topological polar surface area (TPSA) is 38.1 Å². The monoisotopic (exact) mass is 247 g/mol. The van der Waals surface area contributed by atoms with Crippen molar-refractivity contribution in [3.63, 3.8) is 0 Å². The first kappa shape index (κ1) is 11.8. The summed E-state index contributed by atoms with van der Waals surface area (Å²) in [4.78, 5) is 14.5. The van der Waals surface area contributed by atoms with Gasteiger partial charge in [-0.15, -0.1) is 0 Å². The van der Waals surface area contributed by atoms with Crippen LogP contribution in [0.3, 0.4) is 0 Å². The van der Waals surface area contributed by atoms with Gasteiger partial charge in [-0.05, 0) is 37.7 Å². The molecule has 1 aliphatic heterocycles. The number of carbonyl (C=O) groups is 1. The number of aromatic nitrogens is 2. The van der Waals surface area contributed by atoms with Gasteiger partial charge < -0.3 is 4.90 Å². The number of nitrogens with zero attached hydrogens (tertiary/aromatic N) is 3. The fourth-order valence-electron chi connectivity index (χ4n) is 3.56. The molecule has 2 unspecified atom stereocenters. The van der Waals surface area contributed by atoms with Crippen LogP contribution in [0.1, 0.15) is 38.5 Å². The van der Waals surface area contributed by atoms with Gasteiger partial charge in [0.2, 0.25) is 5.91 Å². The zero-order chi connectivity index (χ0) is 12.4. The van der Waals surface area contributed by atoms with Gasteiger partial charge in [-0.25, -0.2) is 0 Å². The minimum absolute atomic E-state index is 0.246. The van der Waals surface area contributed by atoms with Gasteiger partial charge in [0.25, 0.3) is 0 Å². The third kappa shape index (κ3) is 2.28. The maximum Gasteiger partial charge on any atom is 0.244 e. The Hall–Kier alpha value is -1.32.